The Hall–Kier alpha value is -0.650. The van der Waals surface area contributed by atoms with Crippen molar-refractivity contribution in [1.29, 1.82) is 0 Å². The lowest BCUT2D eigenvalue weighted by molar-refractivity contribution is -0.129. The second-order valence-corrected chi connectivity index (χ2v) is 4.49. The van der Waals surface area contributed by atoms with Gasteiger partial charge in [0.2, 0.25) is 5.91 Å². The molecule has 0 aliphatic heterocycles. The van der Waals surface area contributed by atoms with Gasteiger partial charge in [-0.15, -0.1) is 0 Å². The number of nitrogens with one attached hydrogen (secondary N) is 1. The molecule has 15 heavy (non-hydrogen) atoms. The second kappa shape index (κ2) is 4.92. The Bertz CT molecular complexity index is 227. The fourth-order valence-corrected chi connectivity index (χ4v) is 1.28. The molecule has 0 aromatic rings. The molecule has 0 heterocycles. The molecule has 1 unspecified atom stereocenters. The first kappa shape index (κ1) is 12.4. The number of carbonyl (C=O) groups is 1. The summed E-state index contributed by atoms with van der Waals surface area (Å²) in [4.78, 5) is 13.3. The van der Waals surface area contributed by atoms with Gasteiger partial charge in [0.1, 0.15) is 0 Å². The summed E-state index contributed by atoms with van der Waals surface area (Å²) in [6.07, 6.45) is 2.19. The Morgan fingerprint density at radius 3 is 2.67 bits per heavy atom. The lowest BCUT2D eigenvalue weighted by atomic mass is 10.1. The van der Waals surface area contributed by atoms with Crippen LogP contribution in [0.4, 0.5) is 0 Å². The quantitative estimate of drug-likeness (QED) is 0.529. The molecule has 1 aliphatic rings. The number of carbonyl (C=O) groups excluding carboxylic acids is 1. The van der Waals surface area contributed by atoms with E-state index >= 15 is 0 Å². The highest BCUT2D eigenvalue weighted by Gasteiger charge is 2.29. The maximum absolute atomic E-state index is 11.5. The predicted octanol–water partition coefficient (Wildman–Crippen LogP) is -1.06. The average molecular weight is 216 g/mol. The van der Waals surface area contributed by atoms with Gasteiger partial charge in [0.15, 0.2) is 0 Å². The van der Waals surface area contributed by atoms with Crippen LogP contribution in [-0.2, 0) is 4.79 Å². The average Bonchev–Trinajstić information content (AvgIpc) is 2.99. The van der Waals surface area contributed by atoms with Crippen LogP contribution in [0.2, 0.25) is 0 Å². The zero-order chi connectivity index (χ0) is 11.5. The van der Waals surface area contributed by atoms with E-state index in [9.17, 15) is 9.90 Å². The molecule has 1 atom stereocenters. The minimum atomic E-state index is -1.15. The Labute approximate surface area is 90.1 Å². The second-order valence-electron chi connectivity index (χ2n) is 4.49. The molecular weight excluding hydrogens is 196 g/mol. The molecule has 0 spiro atoms. The minimum absolute atomic E-state index is 0.0336. The summed E-state index contributed by atoms with van der Waals surface area (Å²) < 4.78 is 0. The van der Waals surface area contributed by atoms with Gasteiger partial charge in [-0.1, -0.05) is 0 Å². The Balaban J connectivity index is 2.16. The molecule has 88 valence electrons. The summed E-state index contributed by atoms with van der Waals surface area (Å²) in [7, 11) is 1.80. The van der Waals surface area contributed by atoms with Crippen molar-refractivity contribution in [2.45, 2.75) is 31.4 Å². The summed E-state index contributed by atoms with van der Waals surface area (Å²) >= 11 is 0. The molecule has 0 aromatic carbocycles. The highest BCUT2D eigenvalue weighted by atomic mass is 16.3. The van der Waals surface area contributed by atoms with E-state index in [1.807, 2.05) is 0 Å². The van der Waals surface area contributed by atoms with Crippen molar-refractivity contribution in [3.8, 4) is 0 Å². The van der Waals surface area contributed by atoms with Crippen LogP contribution in [0.1, 0.15) is 19.8 Å². The normalized spacial score (nSPS) is 19.7. The van der Waals surface area contributed by atoms with Crippen LogP contribution in [0.5, 0.6) is 0 Å². The number of aliphatic hydroxyl groups is 2. The number of aliphatic hydroxyl groups excluding tert-OH is 1. The van der Waals surface area contributed by atoms with Crippen LogP contribution in [0.3, 0.4) is 0 Å². The largest absolute Gasteiger partial charge is 0.393 e. The van der Waals surface area contributed by atoms with Crippen molar-refractivity contribution in [3.05, 3.63) is 0 Å². The molecule has 5 heteroatoms. The summed E-state index contributed by atoms with van der Waals surface area (Å²) in [5.74, 6) is 0.0336. The van der Waals surface area contributed by atoms with E-state index in [1.54, 1.807) is 11.9 Å². The first-order valence-electron chi connectivity index (χ1n) is 5.26. The molecule has 1 fully saturated rings. The first-order valence-corrected chi connectivity index (χ1v) is 5.26. The molecule has 0 aromatic heterocycles. The maximum atomic E-state index is 11.5. The summed E-state index contributed by atoms with van der Waals surface area (Å²) in [5.41, 5.74) is -1.15. The van der Waals surface area contributed by atoms with Crippen molar-refractivity contribution in [1.82, 2.24) is 10.2 Å². The topological polar surface area (TPSA) is 72.8 Å². The van der Waals surface area contributed by atoms with Gasteiger partial charge < -0.3 is 20.4 Å². The number of nitrogens with zero attached hydrogens (tertiary/aromatic N) is 1. The van der Waals surface area contributed by atoms with Gasteiger partial charge in [-0.05, 0) is 19.8 Å². The van der Waals surface area contributed by atoms with Crippen LogP contribution < -0.4 is 5.32 Å². The van der Waals surface area contributed by atoms with Crippen molar-refractivity contribution < 1.29 is 15.0 Å². The van der Waals surface area contributed by atoms with E-state index in [4.69, 9.17) is 5.11 Å². The van der Waals surface area contributed by atoms with Gasteiger partial charge in [0.05, 0.1) is 18.8 Å². The van der Waals surface area contributed by atoms with Crippen molar-refractivity contribution in [2.75, 3.05) is 26.7 Å². The maximum Gasteiger partial charge on any atom is 0.236 e. The molecule has 1 rings (SSSR count). The summed E-state index contributed by atoms with van der Waals surface area (Å²) in [6, 6.07) is 0.414. The molecule has 0 bridgehead atoms. The highest BCUT2D eigenvalue weighted by Crippen LogP contribution is 2.24. The monoisotopic (exact) mass is 216 g/mol. The molecule has 3 N–H and O–H groups in total. The van der Waals surface area contributed by atoms with E-state index in [-0.39, 0.29) is 25.6 Å². The zero-order valence-corrected chi connectivity index (χ0v) is 9.36. The number of likely N-dealkylation sites (N-methyl/N-ethyl adjacent to an activating group) is 1. The Morgan fingerprint density at radius 2 is 2.20 bits per heavy atom. The van der Waals surface area contributed by atoms with Gasteiger partial charge in [-0.25, -0.2) is 0 Å². The van der Waals surface area contributed by atoms with Crippen LogP contribution >= 0.6 is 0 Å². The fourth-order valence-electron chi connectivity index (χ4n) is 1.28. The van der Waals surface area contributed by atoms with E-state index in [0.29, 0.717) is 6.04 Å². The van der Waals surface area contributed by atoms with Crippen molar-refractivity contribution in [3.63, 3.8) is 0 Å². The third-order valence-electron chi connectivity index (χ3n) is 2.61. The molecule has 5 nitrogen and oxygen atoms in total. The number of rotatable bonds is 6. The molecule has 1 amide bonds. The van der Waals surface area contributed by atoms with Crippen LogP contribution in [0, 0.1) is 0 Å². The Morgan fingerprint density at radius 1 is 1.60 bits per heavy atom. The van der Waals surface area contributed by atoms with E-state index in [1.165, 1.54) is 6.92 Å². The molecule has 1 aliphatic carbocycles. The van der Waals surface area contributed by atoms with Crippen LogP contribution in [0.25, 0.3) is 0 Å². The number of hydrogen-bond acceptors (Lipinski definition) is 4. The fraction of sp³-hybridized carbons (Fsp3) is 0.900. The lowest BCUT2D eigenvalue weighted by Gasteiger charge is -2.22. The number of hydrogen-bond donors (Lipinski definition) is 3. The van der Waals surface area contributed by atoms with Crippen molar-refractivity contribution >= 4 is 5.91 Å². The first-order chi connectivity index (χ1) is 6.96. The minimum Gasteiger partial charge on any atom is -0.393 e. The lowest BCUT2D eigenvalue weighted by Crippen LogP contribution is -2.45. The van der Waals surface area contributed by atoms with Crippen molar-refractivity contribution in [2.24, 2.45) is 0 Å². The molecular formula is C10H20N2O3. The van der Waals surface area contributed by atoms with Gasteiger partial charge in [-0.3, -0.25) is 4.79 Å². The predicted molar refractivity (Wildman–Crippen MR) is 56.4 cm³/mol. The van der Waals surface area contributed by atoms with Crippen LogP contribution in [-0.4, -0.2) is 59.4 Å². The van der Waals surface area contributed by atoms with E-state index in [0.717, 1.165) is 12.8 Å². The zero-order valence-electron chi connectivity index (χ0n) is 9.36. The Kier molecular flexibility index (Phi) is 4.07. The third kappa shape index (κ3) is 4.15. The van der Waals surface area contributed by atoms with Gasteiger partial charge >= 0.3 is 0 Å². The number of amides is 1. The SMILES string of the molecule is CN(C(=O)CNCC(C)(O)CO)C1CC1. The smallest absolute Gasteiger partial charge is 0.236 e. The molecule has 0 radical (unpaired) electrons. The standard InChI is InChI=1S/C10H20N2O3/c1-10(15,7-13)6-11-5-9(14)12(2)8-3-4-8/h8,11,13,15H,3-7H2,1-2H3. The van der Waals surface area contributed by atoms with Gasteiger partial charge in [0, 0.05) is 19.6 Å². The van der Waals surface area contributed by atoms with Crippen LogP contribution in [0.15, 0.2) is 0 Å². The van der Waals surface area contributed by atoms with Gasteiger partial charge in [-0.2, -0.15) is 0 Å². The summed E-state index contributed by atoms with van der Waals surface area (Å²) in [5, 5.41) is 21.1. The molecule has 0 saturated heterocycles. The molecule has 1 saturated carbocycles. The highest BCUT2D eigenvalue weighted by molar-refractivity contribution is 5.78. The van der Waals surface area contributed by atoms with E-state index < -0.39 is 5.60 Å². The van der Waals surface area contributed by atoms with E-state index in [2.05, 4.69) is 5.32 Å². The van der Waals surface area contributed by atoms with Gasteiger partial charge in [0.25, 0.3) is 0 Å². The third-order valence-corrected chi connectivity index (χ3v) is 2.61. The summed E-state index contributed by atoms with van der Waals surface area (Å²) in [6.45, 7) is 1.64.